The molecule has 0 fully saturated rings. The van der Waals surface area contributed by atoms with Gasteiger partial charge in [0, 0.05) is 17.7 Å². The van der Waals surface area contributed by atoms with Crippen LogP contribution in [0, 0.1) is 12.3 Å². The predicted octanol–water partition coefficient (Wildman–Crippen LogP) is 5.64. The highest BCUT2D eigenvalue weighted by Crippen LogP contribution is 2.33. The fourth-order valence-corrected chi connectivity index (χ4v) is 5.20. The van der Waals surface area contributed by atoms with Gasteiger partial charge in [-0.3, -0.25) is 0 Å². The quantitative estimate of drug-likeness (QED) is 0.281. The molecule has 3 rings (SSSR count). The average Bonchev–Trinajstić information content (AvgIpc) is 2.81. The first-order valence-electron chi connectivity index (χ1n) is 12.4. The standard InChI is InChI=1S/C28H36N4O5S.ClH/c1-17(2)22-12-7-9-18(3)25(22)23-14-24(37-16-20(29)15-28(4,5)6)31-27(30-23)32-38(35,36)21-11-8-10-19(13-21)26(33)34;/h7-14,17,20H,15-16,29H2,1-6H3,(H,33,34)(H,30,31,32);1H/t20-;/m1./s1. The summed E-state index contributed by atoms with van der Waals surface area (Å²) in [6.07, 6.45) is 0.722. The van der Waals surface area contributed by atoms with Crippen molar-refractivity contribution in [2.24, 2.45) is 11.1 Å². The highest BCUT2D eigenvalue weighted by atomic mass is 35.5. The molecular formula is C28H37ClN4O5S. The Morgan fingerprint density at radius 1 is 1.10 bits per heavy atom. The number of carbonyl (C=O) groups is 1. The monoisotopic (exact) mass is 576 g/mol. The van der Waals surface area contributed by atoms with Gasteiger partial charge < -0.3 is 15.6 Å². The van der Waals surface area contributed by atoms with Crippen molar-refractivity contribution in [3.05, 3.63) is 65.2 Å². The molecule has 0 bridgehead atoms. The second-order valence-corrected chi connectivity index (χ2v) is 12.6. The lowest BCUT2D eigenvalue weighted by Gasteiger charge is -2.23. The third-order valence-electron chi connectivity index (χ3n) is 5.82. The van der Waals surface area contributed by atoms with Crippen LogP contribution in [0.25, 0.3) is 11.3 Å². The first kappa shape index (κ1) is 32.0. The van der Waals surface area contributed by atoms with E-state index >= 15 is 0 Å². The number of anilines is 1. The molecule has 4 N–H and O–H groups in total. The number of sulfonamides is 1. The molecule has 0 spiro atoms. The number of benzene rings is 2. The summed E-state index contributed by atoms with van der Waals surface area (Å²) in [7, 11) is -4.20. The lowest BCUT2D eigenvalue weighted by molar-refractivity contribution is 0.0696. The number of ether oxygens (including phenoxy) is 1. The van der Waals surface area contributed by atoms with Crippen molar-refractivity contribution in [3.63, 3.8) is 0 Å². The van der Waals surface area contributed by atoms with Crippen LogP contribution in [0.5, 0.6) is 5.88 Å². The average molecular weight is 577 g/mol. The second kappa shape index (κ2) is 12.8. The maximum atomic E-state index is 13.2. The molecule has 11 heteroatoms. The fraction of sp³-hybridized carbons (Fsp3) is 0.393. The van der Waals surface area contributed by atoms with Crippen LogP contribution in [0.3, 0.4) is 0 Å². The number of carboxylic acid groups (broad SMARTS) is 1. The summed E-state index contributed by atoms with van der Waals surface area (Å²) in [6, 6.07) is 12.4. The minimum Gasteiger partial charge on any atom is -0.478 e. The molecule has 0 aliphatic carbocycles. The third-order valence-corrected chi connectivity index (χ3v) is 7.15. The minimum atomic E-state index is -4.20. The second-order valence-electron chi connectivity index (χ2n) is 10.9. The summed E-state index contributed by atoms with van der Waals surface area (Å²) in [5.74, 6) is -1.07. The SMILES string of the molecule is Cc1cccc(C(C)C)c1-c1cc(OC[C@H](N)CC(C)(C)C)nc(NS(=O)(=O)c2cccc(C(=O)O)c2)n1.Cl. The zero-order chi connectivity index (χ0) is 28.3. The van der Waals surface area contributed by atoms with Crippen molar-refractivity contribution in [2.75, 3.05) is 11.3 Å². The predicted molar refractivity (Wildman–Crippen MR) is 155 cm³/mol. The summed E-state index contributed by atoms with van der Waals surface area (Å²) in [4.78, 5) is 20.0. The van der Waals surface area contributed by atoms with Crippen LogP contribution in [-0.4, -0.2) is 42.1 Å². The van der Waals surface area contributed by atoms with Gasteiger partial charge in [-0.15, -0.1) is 12.4 Å². The van der Waals surface area contributed by atoms with Crippen molar-refractivity contribution < 1.29 is 23.1 Å². The van der Waals surface area contributed by atoms with E-state index in [2.05, 4.69) is 49.3 Å². The molecular weight excluding hydrogens is 540 g/mol. The molecule has 0 unspecified atom stereocenters. The number of carboxylic acids is 1. The van der Waals surface area contributed by atoms with Crippen molar-refractivity contribution in [1.82, 2.24) is 9.97 Å². The lowest BCUT2D eigenvalue weighted by Crippen LogP contribution is -2.32. The molecule has 212 valence electrons. The highest BCUT2D eigenvalue weighted by molar-refractivity contribution is 7.92. The van der Waals surface area contributed by atoms with Gasteiger partial charge in [-0.1, -0.05) is 58.9 Å². The number of hydrogen-bond donors (Lipinski definition) is 3. The normalized spacial score (nSPS) is 12.5. The number of hydrogen-bond acceptors (Lipinski definition) is 7. The molecule has 3 aromatic rings. The van der Waals surface area contributed by atoms with Crippen LogP contribution in [0.15, 0.2) is 53.4 Å². The van der Waals surface area contributed by atoms with Crippen molar-refractivity contribution in [2.45, 2.75) is 64.8 Å². The molecule has 0 radical (unpaired) electrons. The van der Waals surface area contributed by atoms with Crippen LogP contribution in [0.1, 0.15) is 68.4 Å². The number of halogens is 1. The van der Waals surface area contributed by atoms with E-state index in [9.17, 15) is 18.3 Å². The zero-order valence-electron chi connectivity index (χ0n) is 23.1. The molecule has 0 amide bonds. The van der Waals surface area contributed by atoms with Crippen LogP contribution in [0.4, 0.5) is 5.95 Å². The van der Waals surface area contributed by atoms with Gasteiger partial charge in [0.15, 0.2) is 0 Å². The van der Waals surface area contributed by atoms with Gasteiger partial charge in [0.2, 0.25) is 11.8 Å². The fourth-order valence-electron chi connectivity index (χ4n) is 4.21. The van der Waals surface area contributed by atoms with Gasteiger partial charge in [-0.25, -0.2) is 22.9 Å². The largest absolute Gasteiger partial charge is 0.478 e. The van der Waals surface area contributed by atoms with Gasteiger partial charge in [0.25, 0.3) is 10.0 Å². The van der Waals surface area contributed by atoms with Gasteiger partial charge >= 0.3 is 5.97 Å². The molecule has 0 aliphatic heterocycles. The van der Waals surface area contributed by atoms with E-state index in [4.69, 9.17) is 10.5 Å². The van der Waals surface area contributed by atoms with Crippen molar-refractivity contribution >= 4 is 34.3 Å². The van der Waals surface area contributed by atoms with E-state index in [1.54, 1.807) is 6.07 Å². The Morgan fingerprint density at radius 3 is 2.38 bits per heavy atom. The Kier molecular flexibility index (Phi) is 10.5. The molecule has 0 saturated heterocycles. The molecule has 1 atom stereocenters. The van der Waals surface area contributed by atoms with Gasteiger partial charge in [0.05, 0.1) is 16.2 Å². The Bertz CT molecular complexity index is 1420. The smallest absolute Gasteiger partial charge is 0.335 e. The number of nitrogens with one attached hydrogen (secondary N) is 1. The van der Waals surface area contributed by atoms with Crippen molar-refractivity contribution in [3.8, 4) is 17.1 Å². The van der Waals surface area contributed by atoms with Gasteiger partial charge in [-0.2, -0.15) is 4.98 Å². The molecule has 0 saturated carbocycles. The Balaban J connectivity index is 0.00000533. The molecule has 1 aromatic heterocycles. The topological polar surface area (TPSA) is 144 Å². The van der Waals surface area contributed by atoms with Gasteiger partial charge in [-0.05, 0) is 54.0 Å². The van der Waals surface area contributed by atoms with Crippen LogP contribution in [-0.2, 0) is 10.0 Å². The third kappa shape index (κ3) is 8.64. The molecule has 0 aliphatic rings. The number of nitrogens with two attached hydrogens (primary N) is 1. The molecule has 2 aromatic carbocycles. The minimum absolute atomic E-state index is 0. The van der Waals surface area contributed by atoms with Crippen LogP contribution < -0.4 is 15.2 Å². The van der Waals surface area contributed by atoms with E-state index in [1.165, 1.54) is 18.2 Å². The zero-order valence-corrected chi connectivity index (χ0v) is 24.7. The van der Waals surface area contributed by atoms with Gasteiger partial charge in [0.1, 0.15) is 6.61 Å². The highest BCUT2D eigenvalue weighted by Gasteiger charge is 2.22. The summed E-state index contributed by atoms with van der Waals surface area (Å²) in [5.41, 5.74) is 9.50. The Morgan fingerprint density at radius 2 is 1.77 bits per heavy atom. The van der Waals surface area contributed by atoms with E-state index < -0.39 is 16.0 Å². The molecule has 39 heavy (non-hydrogen) atoms. The summed E-state index contributed by atoms with van der Waals surface area (Å²) < 4.78 is 34.6. The number of rotatable bonds is 10. The molecule has 9 nitrogen and oxygen atoms in total. The maximum Gasteiger partial charge on any atom is 0.335 e. The summed E-state index contributed by atoms with van der Waals surface area (Å²) in [6.45, 7) is 12.6. The summed E-state index contributed by atoms with van der Waals surface area (Å²) in [5, 5.41) is 9.27. The van der Waals surface area contributed by atoms with Crippen LogP contribution >= 0.6 is 12.4 Å². The first-order valence-corrected chi connectivity index (χ1v) is 13.9. The number of aromatic nitrogens is 2. The number of nitrogens with zero attached hydrogens (tertiary/aromatic N) is 2. The lowest BCUT2D eigenvalue weighted by atomic mass is 9.89. The van der Waals surface area contributed by atoms with Crippen LogP contribution in [0.2, 0.25) is 0 Å². The Labute approximate surface area is 236 Å². The van der Waals surface area contributed by atoms with Crippen molar-refractivity contribution in [1.29, 1.82) is 0 Å². The van der Waals surface area contributed by atoms with E-state index in [1.807, 2.05) is 25.1 Å². The number of aryl methyl sites for hydroxylation is 1. The Hall–Kier alpha value is -3.21. The summed E-state index contributed by atoms with van der Waals surface area (Å²) >= 11 is 0. The van der Waals surface area contributed by atoms with E-state index in [0.29, 0.717) is 5.69 Å². The number of aromatic carboxylic acids is 1. The van der Waals surface area contributed by atoms with E-state index in [-0.39, 0.29) is 58.7 Å². The van der Waals surface area contributed by atoms with E-state index in [0.717, 1.165) is 29.2 Å². The first-order chi connectivity index (χ1) is 17.7. The maximum absolute atomic E-state index is 13.2. The molecule has 1 heterocycles.